The first kappa shape index (κ1) is 29.9. The second kappa shape index (κ2) is 14.6. The van der Waals surface area contributed by atoms with Crippen molar-refractivity contribution >= 4 is 35.0 Å². The number of aromatic amines is 1. The molecule has 3 aromatic carbocycles. The minimum atomic E-state index is -0.848. The van der Waals surface area contributed by atoms with Crippen LogP contribution in [0.15, 0.2) is 107 Å². The third-order valence-corrected chi connectivity index (χ3v) is 8.81. The van der Waals surface area contributed by atoms with Crippen LogP contribution < -0.4 is 21.9 Å². The standard InChI is InChI=1S/C33H35ClN4O3S/c34-25-12-15-28(16-13-25)42-21-27-20-36-19-26(41-27)14-11-24-17-18-37-33(40)30(24)38-31(32(35)39)29(22-7-3-1-4-8-22)23-9-5-2-6-10-23/h1-10,12-13,15-18,26-27,29,31,36,38H,11,14,19-21H2,(H2,35,39)(H,37,40)/t26-,27+,31+/m1/s1. The molecule has 0 bridgehead atoms. The molecule has 1 amide bonds. The number of primary amides is 1. The molecule has 0 unspecified atom stereocenters. The molecule has 0 saturated carbocycles. The number of ether oxygens (including phenoxy) is 1. The van der Waals surface area contributed by atoms with Crippen molar-refractivity contribution in [2.24, 2.45) is 5.73 Å². The largest absolute Gasteiger partial charge is 0.371 e. The highest BCUT2D eigenvalue weighted by atomic mass is 35.5. The maximum Gasteiger partial charge on any atom is 0.271 e. The lowest BCUT2D eigenvalue weighted by atomic mass is 9.84. The number of thioether (sulfide) groups is 1. The summed E-state index contributed by atoms with van der Waals surface area (Å²) in [6.07, 6.45) is 3.02. The van der Waals surface area contributed by atoms with Gasteiger partial charge in [0, 0.05) is 40.9 Å². The van der Waals surface area contributed by atoms with E-state index in [1.54, 1.807) is 18.0 Å². The van der Waals surface area contributed by atoms with Gasteiger partial charge in [-0.1, -0.05) is 72.3 Å². The molecule has 42 heavy (non-hydrogen) atoms. The van der Waals surface area contributed by atoms with Gasteiger partial charge in [-0.25, -0.2) is 0 Å². The number of halogens is 1. The number of carbonyl (C=O) groups is 1. The van der Waals surface area contributed by atoms with Gasteiger partial charge in [0.05, 0.1) is 12.2 Å². The summed E-state index contributed by atoms with van der Waals surface area (Å²) >= 11 is 7.75. The number of hydrogen-bond donors (Lipinski definition) is 4. The summed E-state index contributed by atoms with van der Waals surface area (Å²) in [7, 11) is 0. The van der Waals surface area contributed by atoms with Crippen molar-refractivity contribution < 1.29 is 9.53 Å². The van der Waals surface area contributed by atoms with Gasteiger partial charge in [-0.3, -0.25) is 9.59 Å². The van der Waals surface area contributed by atoms with Crippen molar-refractivity contribution in [2.75, 3.05) is 24.2 Å². The predicted octanol–water partition coefficient (Wildman–Crippen LogP) is 5.21. The number of hydrogen-bond acceptors (Lipinski definition) is 6. The number of anilines is 1. The Kier molecular flexibility index (Phi) is 10.4. The highest BCUT2D eigenvalue weighted by Crippen LogP contribution is 2.31. The van der Waals surface area contributed by atoms with E-state index in [2.05, 4.69) is 15.6 Å². The van der Waals surface area contributed by atoms with Gasteiger partial charge >= 0.3 is 0 Å². The number of pyridine rings is 1. The molecule has 1 aliphatic heterocycles. The van der Waals surface area contributed by atoms with E-state index in [-0.39, 0.29) is 23.7 Å². The van der Waals surface area contributed by atoms with Crippen molar-refractivity contribution in [1.82, 2.24) is 10.3 Å². The fraction of sp³-hybridized carbons (Fsp3) is 0.273. The molecule has 218 valence electrons. The Balaban J connectivity index is 1.30. The van der Waals surface area contributed by atoms with Gasteiger partial charge in [0.1, 0.15) is 11.7 Å². The van der Waals surface area contributed by atoms with Crippen LogP contribution >= 0.6 is 23.4 Å². The molecule has 4 aromatic rings. The molecular formula is C33H35ClN4O3S. The lowest BCUT2D eigenvalue weighted by molar-refractivity contribution is -0.119. The van der Waals surface area contributed by atoms with E-state index < -0.39 is 11.9 Å². The van der Waals surface area contributed by atoms with Crippen LogP contribution in [0.2, 0.25) is 5.02 Å². The highest BCUT2D eigenvalue weighted by Gasteiger charge is 2.31. The van der Waals surface area contributed by atoms with E-state index in [0.717, 1.165) is 51.9 Å². The lowest BCUT2D eigenvalue weighted by Crippen LogP contribution is -2.46. The fourth-order valence-electron chi connectivity index (χ4n) is 5.34. The smallest absolute Gasteiger partial charge is 0.271 e. The minimum absolute atomic E-state index is 0.00460. The average Bonchev–Trinajstić information content (AvgIpc) is 3.01. The number of aromatic nitrogens is 1. The van der Waals surface area contributed by atoms with Crippen molar-refractivity contribution in [3.05, 3.63) is 129 Å². The van der Waals surface area contributed by atoms with Crippen LogP contribution in [0.25, 0.3) is 0 Å². The molecule has 1 saturated heterocycles. The maximum atomic E-state index is 13.1. The second-order valence-corrected chi connectivity index (χ2v) is 11.9. The van der Waals surface area contributed by atoms with Gasteiger partial charge in [-0.15, -0.1) is 11.8 Å². The number of H-pyrrole nitrogens is 1. The van der Waals surface area contributed by atoms with E-state index in [4.69, 9.17) is 22.1 Å². The molecule has 1 fully saturated rings. The SMILES string of the molecule is NC(=O)[C@@H](Nc1c(CC[C@@H]2CNC[C@@H](CSc3ccc(Cl)cc3)O2)cc[nH]c1=O)C(c1ccccc1)c1ccccc1. The zero-order valence-electron chi connectivity index (χ0n) is 23.2. The van der Waals surface area contributed by atoms with Crippen molar-refractivity contribution in [1.29, 1.82) is 0 Å². The summed E-state index contributed by atoms with van der Waals surface area (Å²) in [5.41, 5.74) is 8.73. The molecule has 0 radical (unpaired) electrons. The Morgan fingerprint density at radius 3 is 2.24 bits per heavy atom. The molecule has 9 heteroatoms. The summed E-state index contributed by atoms with van der Waals surface area (Å²) < 4.78 is 6.41. The number of morpholine rings is 1. The van der Waals surface area contributed by atoms with E-state index in [9.17, 15) is 9.59 Å². The molecular weight excluding hydrogens is 568 g/mol. The molecule has 3 atom stereocenters. The van der Waals surface area contributed by atoms with Crippen LogP contribution in [0, 0.1) is 0 Å². The van der Waals surface area contributed by atoms with Gasteiger partial charge in [0.15, 0.2) is 0 Å². The third kappa shape index (κ3) is 7.83. The molecule has 7 nitrogen and oxygen atoms in total. The Morgan fingerprint density at radius 2 is 1.60 bits per heavy atom. The van der Waals surface area contributed by atoms with Crippen LogP contribution in [0.5, 0.6) is 0 Å². The Bertz CT molecular complexity index is 1460. The van der Waals surface area contributed by atoms with Crippen molar-refractivity contribution in [3.8, 4) is 0 Å². The van der Waals surface area contributed by atoms with Crippen molar-refractivity contribution in [3.63, 3.8) is 0 Å². The fourth-order valence-corrected chi connectivity index (χ4v) is 6.37. The number of nitrogens with one attached hydrogen (secondary N) is 3. The predicted molar refractivity (Wildman–Crippen MR) is 170 cm³/mol. The van der Waals surface area contributed by atoms with E-state index in [1.807, 2.05) is 91.0 Å². The number of nitrogens with two attached hydrogens (primary N) is 1. The zero-order valence-corrected chi connectivity index (χ0v) is 24.7. The number of carbonyl (C=O) groups excluding carboxylic acids is 1. The third-order valence-electron chi connectivity index (χ3n) is 7.42. The Hall–Kier alpha value is -3.56. The van der Waals surface area contributed by atoms with Crippen LogP contribution in [0.1, 0.15) is 29.0 Å². The average molecular weight is 603 g/mol. The zero-order chi connectivity index (χ0) is 29.3. The van der Waals surface area contributed by atoms with E-state index in [0.29, 0.717) is 12.1 Å². The summed E-state index contributed by atoms with van der Waals surface area (Å²) in [4.78, 5) is 30.0. The highest BCUT2D eigenvalue weighted by molar-refractivity contribution is 7.99. The van der Waals surface area contributed by atoms with Gasteiger partial charge in [0.25, 0.3) is 5.56 Å². The molecule has 0 spiro atoms. The van der Waals surface area contributed by atoms with Gasteiger partial charge < -0.3 is 26.1 Å². The molecule has 5 N–H and O–H groups in total. The van der Waals surface area contributed by atoms with Gasteiger partial charge in [-0.05, 0) is 59.9 Å². The van der Waals surface area contributed by atoms with Gasteiger partial charge in [0.2, 0.25) is 5.91 Å². The Labute approximate surface area is 255 Å². The first-order valence-electron chi connectivity index (χ1n) is 14.1. The van der Waals surface area contributed by atoms with Crippen LogP contribution in [-0.2, 0) is 16.0 Å². The molecule has 1 aliphatic rings. The van der Waals surface area contributed by atoms with E-state index in [1.165, 1.54) is 0 Å². The molecule has 0 aliphatic carbocycles. The topological polar surface area (TPSA) is 109 Å². The number of rotatable bonds is 12. The lowest BCUT2D eigenvalue weighted by Gasteiger charge is -2.31. The second-order valence-electron chi connectivity index (χ2n) is 10.4. The van der Waals surface area contributed by atoms with Gasteiger partial charge in [-0.2, -0.15) is 0 Å². The summed E-state index contributed by atoms with van der Waals surface area (Å²) in [5.74, 6) is -0.103. The normalized spacial score (nSPS) is 17.6. The number of amides is 1. The summed E-state index contributed by atoms with van der Waals surface area (Å²) in [6.45, 7) is 1.53. The molecule has 2 heterocycles. The quantitative estimate of drug-likeness (QED) is 0.166. The monoisotopic (exact) mass is 602 g/mol. The summed E-state index contributed by atoms with van der Waals surface area (Å²) in [6, 6.07) is 28.3. The number of aryl methyl sites for hydroxylation is 1. The molecule has 1 aromatic heterocycles. The Morgan fingerprint density at radius 1 is 0.952 bits per heavy atom. The minimum Gasteiger partial charge on any atom is -0.371 e. The maximum absolute atomic E-state index is 13.1. The van der Waals surface area contributed by atoms with E-state index >= 15 is 0 Å². The van der Waals surface area contributed by atoms with Crippen LogP contribution in [0.3, 0.4) is 0 Å². The van der Waals surface area contributed by atoms with Crippen LogP contribution in [-0.4, -0.2) is 48.0 Å². The number of benzene rings is 3. The van der Waals surface area contributed by atoms with Crippen LogP contribution in [0.4, 0.5) is 5.69 Å². The first-order chi connectivity index (χ1) is 20.5. The molecule has 5 rings (SSSR count). The summed E-state index contributed by atoms with van der Waals surface area (Å²) in [5, 5.41) is 7.47. The van der Waals surface area contributed by atoms with Crippen molar-refractivity contribution in [2.45, 2.75) is 41.9 Å². The first-order valence-corrected chi connectivity index (χ1v) is 15.4.